The molecule has 3 rings (SSSR count). The molecule has 2 aromatic heterocycles. The Morgan fingerprint density at radius 2 is 2.12 bits per heavy atom. The maximum Gasteiger partial charge on any atom is 0.241 e. The van der Waals surface area contributed by atoms with Crippen LogP contribution in [0.5, 0.6) is 0 Å². The summed E-state index contributed by atoms with van der Waals surface area (Å²) < 4.78 is 5.36. The molecule has 25 heavy (non-hydrogen) atoms. The lowest BCUT2D eigenvalue weighted by Crippen LogP contribution is -2.49. The zero-order chi connectivity index (χ0) is 17.5. The fourth-order valence-corrected chi connectivity index (χ4v) is 3.43. The first-order valence-corrected chi connectivity index (χ1v) is 9.70. The summed E-state index contributed by atoms with van der Waals surface area (Å²) in [7, 11) is 0. The Kier molecular flexibility index (Phi) is 6.55. The number of carbonyl (C=O) groups excluding carboxylic acids is 1. The van der Waals surface area contributed by atoms with Crippen molar-refractivity contribution in [3.63, 3.8) is 0 Å². The Morgan fingerprint density at radius 1 is 1.32 bits per heavy atom. The smallest absolute Gasteiger partial charge is 0.241 e. The molecule has 0 radical (unpaired) electrons. The van der Waals surface area contributed by atoms with Gasteiger partial charge in [0.2, 0.25) is 17.6 Å². The molecule has 0 aromatic carbocycles. The van der Waals surface area contributed by atoms with Crippen LogP contribution in [0.25, 0.3) is 10.7 Å². The van der Waals surface area contributed by atoms with Crippen molar-refractivity contribution < 1.29 is 9.32 Å². The molecule has 7 nitrogen and oxygen atoms in total. The van der Waals surface area contributed by atoms with E-state index in [4.69, 9.17) is 4.52 Å². The summed E-state index contributed by atoms with van der Waals surface area (Å²) in [6.45, 7) is 7.62. The van der Waals surface area contributed by atoms with Gasteiger partial charge < -0.3 is 9.84 Å². The van der Waals surface area contributed by atoms with Gasteiger partial charge >= 0.3 is 0 Å². The molecule has 0 aliphatic carbocycles. The number of nitrogens with one attached hydrogen (secondary N) is 1. The summed E-state index contributed by atoms with van der Waals surface area (Å²) in [4.78, 5) is 21.9. The fourth-order valence-electron chi connectivity index (χ4n) is 2.79. The lowest BCUT2D eigenvalue weighted by atomic mass is 10.3. The number of piperazine rings is 1. The average Bonchev–Trinajstić information content (AvgIpc) is 3.28. The molecule has 1 fully saturated rings. The van der Waals surface area contributed by atoms with E-state index in [1.54, 1.807) is 11.3 Å². The first kappa shape index (κ1) is 18.0. The molecule has 0 saturated carbocycles. The van der Waals surface area contributed by atoms with Crippen molar-refractivity contribution in [3.05, 3.63) is 23.4 Å². The van der Waals surface area contributed by atoms with E-state index in [2.05, 4.69) is 32.2 Å². The molecule has 1 aliphatic rings. The van der Waals surface area contributed by atoms with Gasteiger partial charge in [0.05, 0.1) is 18.0 Å². The highest BCUT2D eigenvalue weighted by atomic mass is 32.1. The molecule has 3 heterocycles. The molecular weight excluding hydrogens is 338 g/mol. The van der Waals surface area contributed by atoms with Crippen molar-refractivity contribution in [2.24, 2.45) is 0 Å². The minimum absolute atomic E-state index is 0.124. The summed E-state index contributed by atoms with van der Waals surface area (Å²) in [5.41, 5.74) is 0. The third-order valence-electron chi connectivity index (χ3n) is 4.25. The molecule has 8 heteroatoms. The van der Waals surface area contributed by atoms with Gasteiger partial charge in [0, 0.05) is 32.7 Å². The highest BCUT2D eigenvalue weighted by Gasteiger charge is 2.21. The van der Waals surface area contributed by atoms with E-state index in [0.29, 0.717) is 24.8 Å². The van der Waals surface area contributed by atoms with E-state index in [0.717, 1.165) is 50.4 Å². The Balaban J connectivity index is 1.40. The van der Waals surface area contributed by atoms with E-state index in [1.807, 2.05) is 17.5 Å². The largest absolute Gasteiger partial charge is 0.355 e. The standard InChI is InChI=1S/C17H25N5O2S/c1-2-3-6-18-15(23)12-21-7-9-22(10-8-21)13-16-19-17(20-24-16)14-5-4-11-25-14/h4-5,11H,2-3,6-10,12-13H2,1H3,(H,18,23). The Labute approximate surface area is 152 Å². The van der Waals surface area contributed by atoms with E-state index in [-0.39, 0.29) is 5.91 Å². The molecule has 1 aliphatic heterocycles. The highest BCUT2D eigenvalue weighted by Crippen LogP contribution is 2.21. The highest BCUT2D eigenvalue weighted by molar-refractivity contribution is 7.13. The third-order valence-corrected chi connectivity index (χ3v) is 5.12. The second kappa shape index (κ2) is 9.07. The second-order valence-electron chi connectivity index (χ2n) is 6.24. The van der Waals surface area contributed by atoms with Crippen LogP contribution in [0.3, 0.4) is 0 Å². The predicted molar refractivity (Wildman–Crippen MR) is 97.2 cm³/mol. The van der Waals surface area contributed by atoms with Crippen LogP contribution in [0.15, 0.2) is 22.0 Å². The SMILES string of the molecule is CCCCNC(=O)CN1CCN(Cc2nc(-c3cccs3)no2)CC1. The van der Waals surface area contributed by atoms with Crippen LogP contribution in [0.1, 0.15) is 25.7 Å². The Morgan fingerprint density at radius 3 is 2.84 bits per heavy atom. The third kappa shape index (κ3) is 5.35. The van der Waals surface area contributed by atoms with Crippen molar-refractivity contribution >= 4 is 17.2 Å². The first-order valence-electron chi connectivity index (χ1n) is 8.82. The molecule has 1 saturated heterocycles. The van der Waals surface area contributed by atoms with Gasteiger partial charge in [0.1, 0.15) is 0 Å². The summed E-state index contributed by atoms with van der Waals surface area (Å²) in [5, 5.41) is 9.02. The summed E-state index contributed by atoms with van der Waals surface area (Å²) >= 11 is 1.61. The van der Waals surface area contributed by atoms with Crippen molar-refractivity contribution in [1.29, 1.82) is 0 Å². The number of carbonyl (C=O) groups is 1. The first-order chi connectivity index (χ1) is 12.2. The van der Waals surface area contributed by atoms with Crippen LogP contribution >= 0.6 is 11.3 Å². The van der Waals surface area contributed by atoms with E-state index >= 15 is 0 Å². The number of rotatable bonds is 8. The van der Waals surface area contributed by atoms with Gasteiger partial charge in [0.25, 0.3) is 0 Å². The number of hydrogen-bond acceptors (Lipinski definition) is 7. The molecule has 0 bridgehead atoms. The van der Waals surface area contributed by atoms with Crippen LogP contribution in [0, 0.1) is 0 Å². The molecule has 0 unspecified atom stereocenters. The van der Waals surface area contributed by atoms with Crippen LogP contribution < -0.4 is 5.32 Å². The maximum atomic E-state index is 11.9. The molecule has 1 amide bonds. The summed E-state index contributed by atoms with van der Waals surface area (Å²) in [6, 6.07) is 3.97. The van der Waals surface area contributed by atoms with Gasteiger partial charge in [-0.3, -0.25) is 14.6 Å². The number of nitrogens with zero attached hydrogens (tertiary/aromatic N) is 4. The lowest BCUT2D eigenvalue weighted by Gasteiger charge is -2.33. The normalized spacial score (nSPS) is 16.2. The lowest BCUT2D eigenvalue weighted by molar-refractivity contribution is -0.122. The van der Waals surface area contributed by atoms with Crippen molar-refractivity contribution in [3.8, 4) is 10.7 Å². The Bertz CT molecular complexity index is 650. The van der Waals surface area contributed by atoms with Gasteiger partial charge in [-0.2, -0.15) is 4.98 Å². The maximum absolute atomic E-state index is 11.9. The number of amides is 1. The van der Waals surface area contributed by atoms with Crippen molar-refractivity contribution in [2.45, 2.75) is 26.3 Å². The van der Waals surface area contributed by atoms with Crippen molar-refractivity contribution in [2.75, 3.05) is 39.3 Å². The zero-order valence-corrected chi connectivity index (χ0v) is 15.4. The van der Waals surface area contributed by atoms with E-state index in [9.17, 15) is 4.79 Å². The topological polar surface area (TPSA) is 74.5 Å². The quantitative estimate of drug-likeness (QED) is 0.721. The number of unbranched alkanes of at least 4 members (excludes halogenated alkanes) is 1. The predicted octanol–water partition coefficient (Wildman–Crippen LogP) is 1.83. The second-order valence-corrected chi connectivity index (χ2v) is 7.19. The Hall–Kier alpha value is -1.77. The van der Waals surface area contributed by atoms with Crippen LogP contribution in [0.4, 0.5) is 0 Å². The fraction of sp³-hybridized carbons (Fsp3) is 0.588. The van der Waals surface area contributed by atoms with Gasteiger partial charge in [-0.15, -0.1) is 11.3 Å². The monoisotopic (exact) mass is 363 g/mol. The van der Waals surface area contributed by atoms with Gasteiger partial charge in [0.15, 0.2) is 0 Å². The van der Waals surface area contributed by atoms with Crippen LogP contribution in [-0.4, -0.2) is 65.1 Å². The van der Waals surface area contributed by atoms with E-state index < -0.39 is 0 Å². The number of aromatic nitrogens is 2. The molecule has 0 atom stereocenters. The minimum atomic E-state index is 0.124. The van der Waals surface area contributed by atoms with Gasteiger partial charge in [-0.1, -0.05) is 24.6 Å². The molecule has 136 valence electrons. The molecule has 0 spiro atoms. The van der Waals surface area contributed by atoms with Crippen molar-refractivity contribution in [1.82, 2.24) is 25.3 Å². The van der Waals surface area contributed by atoms with Gasteiger partial charge in [-0.05, 0) is 17.9 Å². The molecule has 1 N–H and O–H groups in total. The molecular formula is C17H25N5O2S. The van der Waals surface area contributed by atoms with E-state index in [1.165, 1.54) is 0 Å². The van der Waals surface area contributed by atoms with Gasteiger partial charge in [-0.25, -0.2) is 0 Å². The van der Waals surface area contributed by atoms with Crippen LogP contribution in [0.2, 0.25) is 0 Å². The molecule has 2 aromatic rings. The number of hydrogen-bond donors (Lipinski definition) is 1. The average molecular weight is 363 g/mol. The minimum Gasteiger partial charge on any atom is -0.355 e. The summed E-state index contributed by atoms with van der Waals surface area (Å²) in [5.74, 6) is 1.43. The zero-order valence-electron chi connectivity index (χ0n) is 14.6. The number of thiophene rings is 1. The van der Waals surface area contributed by atoms with Crippen LogP contribution in [-0.2, 0) is 11.3 Å². The summed E-state index contributed by atoms with van der Waals surface area (Å²) in [6.07, 6.45) is 2.14.